The normalized spacial score (nSPS) is 14.3. The molecule has 2 rings (SSSR count). The summed E-state index contributed by atoms with van der Waals surface area (Å²) in [5, 5.41) is 0. The Morgan fingerprint density at radius 1 is 1.24 bits per heavy atom. The van der Waals surface area contributed by atoms with Gasteiger partial charge in [0.2, 0.25) is 0 Å². The van der Waals surface area contributed by atoms with Crippen molar-refractivity contribution in [3.63, 3.8) is 0 Å². The summed E-state index contributed by atoms with van der Waals surface area (Å²) in [6, 6.07) is 5.66. The van der Waals surface area contributed by atoms with Crippen molar-refractivity contribution in [2.24, 2.45) is 0 Å². The molecule has 1 aromatic rings. The van der Waals surface area contributed by atoms with Crippen LogP contribution in [0.1, 0.15) is 23.2 Å². The lowest BCUT2D eigenvalue weighted by Gasteiger charge is -2.17. The van der Waals surface area contributed by atoms with Gasteiger partial charge in [-0.05, 0) is 31.0 Å². The van der Waals surface area contributed by atoms with E-state index in [-0.39, 0.29) is 5.91 Å². The van der Waals surface area contributed by atoms with Crippen LogP contribution in [0.3, 0.4) is 0 Å². The molecular weight excluding hydrogens is 218 g/mol. The van der Waals surface area contributed by atoms with Crippen molar-refractivity contribution in [3.8, 4) is 11.5 Å². The van der Waals surface area contributed by atoms with E-state index in [9.17, 15) is 4.79 Å². The van der Waals surface area contributed by atoms with Gasteiger partial charge in [0.1, 0.15) is 0 Å². The van der Waals surface area contributed by atoms with Crippen molar-refractivity contribution in [1.82, 2.24) is 4.90 Å². The van der Waals surface area contributed by atoms with Gasteiger partial charge in [0.05, 0.1) is 14.2 Å². The van der Waals surface area contributed by atoms with Gasteiger partial charge in [-0.3, -0.25) is 4.79 Å². The Labute approximate surface area is 101 Å². The van der Waals surface area contributed by atoms with Gasteiger partial charge in [0, 0.05) is 18.7 Å². The van der Waals surface area contributed by atoms with Crippen molar-refractivity contribution in [3.05, 3.63) is 23.8 Å². The molecule has 17 heavy (non-hydrogen) atoms. The van der Waals surface area contributed by atoms with E-state index in [2.05, 4.69) is 0 Å². The van der Waals surface area contributed by atoms with Gasteiger partial charge in [-0.1, -0.05) is 0 Å². The van der Waals surface area contributed by atoms with Crippen LogP contribution in [-0.4, -0.2) is 38.1 Å². The molecule has 1 aliphatic carbocycles. The van der Waals surface area contributed by atoms with Crippen LogP contribution < -0.4 is 9.47 Å². The molecule has 0 heterocycles. The Morgan fingerprint density at radius 3 is 2.41 bits per heavy atom. The topological polar surface area (TPSA) is 38.8 Å². The summed E-state index contributed by atoms with van der Waals surface area (Å²) in [4.78, 5) is 13.9. The smallest absolute Gasteiger partial charge is 0.253 e. The van der Waals surface area contributed by atoms with Gasteiger partial charge >= 0.3 is 0 Å². The molecule has 0 radical (unpaired) electrons. The van der Waals surface area contributed by atoms with Crippen LogP contribution in [-0.2, 0) is 0 Å². The molecule has 0 aromatic heterocycles. The largest absolute Gasteiger partial charge is 0.493 e. The molecule has 0 atom stereocenters. The molecule has 0 aliphatic heterocycles. The predicted molar refractivity (Wildman–Crippen MR) is 64.7 cm³/mol. The molecule has 4 nitrogen and oxygen atoms in total. The van der Waals surface area contributed by atoms with Gasteiger partial charge in [-0.25, -0.2) is 0 Å². The monoisotopic (exact) mass is 235 g/mol. The molecule has 1 aromatic carbocycles. The Kier molecular flexibility index (Phi) is 3.22. The number of nitrogens with zero attached hydrogens (tertiary/aromatic N) is 1. The van der Waals surface area contributed by atoms with E-state index < -0.39 is 0 Å². The van der Waals surface area contributed by atoms with Gasteiger partial charge in [0.15, 0.2) is 11.5 Å². The Morgan fingerprint density at radius 2 is 1.88 bits per heavy atom. The lowest BCUT2D eigenvalue weighted by molar-refractivity contribution is 0.0784. The number of hydrogen-bond donors (Lipinski definition) is 0. The third-order valence-corrected chi connectivity index (χ3v) is 3.05. The van der Waals surface area contributed by atoms with E-state index in [1.165, 1.54) is 0 Å². The molecule has 0 unspecified atom stereocenters. The van der Waals surface area contributed by atoms with Crippen LogP contribution in [0.2, 0.25) is 0 Å². The molecular formula is C13H17NO3. The third-order valence-electron chi connectivity index (χ3n) is 3.05. The molecule has 0 saturated heterocycles. The third kappa shape index (κ3) is 2.35. The second kappa shape index (κ2) is 4.65. The van der Waals surface area contributed by atoms with Gasteiger partial charge in [-0.2, -0.15) is 0 Å². The quantitative estimate of drug-likeness (QED) is 0.800. The first-order valence-electron chi connectivity index (χ1n) is 5.66. The van der Waals surface area contributed by atoms with Crippen molar-refractivity contribution in [2.45, 2.75) is 18.9 Å². The fourth-order valence-corrected chi connectivity index (χ4v) is 1.80. The average Bonchev–Trinajstić information content (AvgIpc) is 3.20. The number of ether oxygens (including phenoxy) is 2. The minimum atomic E-state index is 0.0356. The zero-order chi connectivity index (χ0) is 12.4. The number of rotatable bonds is 4. The van der Waals surface area contributed by atoms with Crippen molar-refractivity contribution >= 4 is 5.91 Å². The molecule has 1 amide bonds. The minimum absolute atomic E-state index is 0.0356. The maximum absolute atomic E-state index is 12.1. The van der Waals surface area contributed by atoms with Crippen molar-refractivity contribution < 1.29 is 14.3 Å². The zero-order valence-corrected chi connectivity index (χ0v) is 10.4. The van der Waals surface area contributed by atoms with Gasteiger partial charge < -0.3 is 14.4 Å². The van der Waals surface area contributed by atoms with Crippen LogP contribution in [0.25, 0.3) is 0 Å². The molecule has 4 heteroatoms. The number of hydrogen-bond acceptors (Lipinski definition) is 3. The average molecular weight is 235 g/mol. The lowest BCUT2D eigenvalue weighted by Crippen LogP contribution is -2.28. The van der Waals surface area contributed by atoms with Crippen LogP contribution in [0.5, 0.6) is 11.5 Å². The predicted octanol–water partition coefficient (Wildman–Crippen LogP) is 1.94. The maximum Gasteiger partial charge on any atom is 0.253 e. The van der Waals surface area contributed by atoms with Gasteiger partial charge in [0.25, 0.3) is 5.91 Å². The molecule has 0 bridgehead atoms. The van der Waals surface area contributed by atoms with Crippen molar-refractivity contribution in [2.75, 3.05) is 21.3 Å². The fourth-order valence-electron chi connectivity index (χ4n) is 1.80. The summed E-state index contributed by atoms with van der Waals surface area (Å²) in [5.41, 5.74) is 0.636. The van der Waals surface area contributed by atoms with Crippen LogP contribution >= 0.6 is 0 Å². The van der Waals surface area contributed by atoms with Gasteiger partial charge in [-0.15, -0.1) is 0 Å². The van der Waals surface area contributed by atoms with E-state index in [1.807, 2.05) is 7.05 Å². The summed E-state index contributed by atoms with van der Waals surface area (Å²) in [7, 11) is 4.99. The minimum Gasteiger partial charge on any atom is -0.493 e. The second-order valence-electron chi connectivity index (χ2n) is 4.22. The standard InChI is InChI=1S/C13H17NO3/c1-14(10-5-6-10)13(15)9-4-7-11(16-2)12(8-9)17-3/h4,7-8,10H,5-6H2,1-3H3. The van der Waals surface area contributed by atoms with Crippen LogP contribution in [0, 0.1) is 0 Å². The van der Waals surface area contributed by atoms with E-state index in [0.29, 0.717) is 23.1 Å². The van der Waals surface area contributed by atoms with E-state index in [1.54, 1.807) is 37.3 Å². The SMILES string of the molecule is COc1ccc(C(=O)N(C)C2CC2)cc1OC. The summed E-state index contributed by atoms with van der Waals surface area (Å²) >= 11 is 0. The highest BCUT2D eigenvalue weighted by molar-refractivity contribution is 5.95. The fraction of sp³-hybridized carbons (Fsp3) is 0.462. The Hall–Kier alpha value is -1.71. The summed E-state index contributed by atoms with van der Waals surface area (Å²) in [6.07, 6.45) is 2.21. The number of carbonyl (C=O) groups excluding carboxylic acids is 1. The highest BCUT2D eigenvalue weighted by atomic mass is 16.5. The first kappa shape index (κ1) is 11.8. The zero-order valence-electron chi connectivity index (χ0n) is 10.4. The maximum atomic E-state index is 12.1. The summed E-state index contributed by atoms with van der Waals surface area (Å²) in [5.74, 6) is 1.26. The molecule has 92 valence electrons. The highest BCUT2D eigenvalue weighted by Gasteiger charge is 2.30. The molecule has 1 fully saturated rings. The number of carbonyl (C=O) groups is 1. The second-order valence-corrected chi connectivity index (χ2v) is 4.22. The number of amides is 1. The Bertz CT molecular complexity index is 427. The Balaban J connectivity index is 2.23. The van der Waals surface area contributed by atoms with Crippen molar-refractivity contribution in [1.29, 1.82) is 0 Å². The number of benzene rings is 1. The van der Waals surface area contributed by atoms with E-state index in [0.717, 1.165) is 12.8 Å². The van der Waals surface area contributed by atoms with Crippen LogP contribution in [0.4, 0.5) is 0 Å². The first-order valence-corrected chi connectivity index (χ1v) is 5.66. The summed E-state index contributed by atoms with van der Waals surface area (Å²) < 4.78 is 10.3. The van der Waals surface area contributed by atoms with E-state index >= 15 is 0 Å². The summed E-state index contributed by atoms with van der Waals surface area (Å²) in [6.45, 7) is 0. The molecule has 1 aliphatic rings. The van der Waals surface area contributed by atoms with E-state index in [4.69, 9.17) is 9.47 Å². The first-order chi connectivity index (χ1) is 8.17. The number of methoxy groups -OCH3 is 2. The molecule has 1 saturated carbocycles. The van der Waals surface area contributed by atoms with Crippen LogP contribution in [0.15, 0.2) is 18.2 Å². The molecule has 0 spiro atoms. The lowest BCUT2D eigenvalue weighted by atomic mass is 10.1. The molecule has 0 N–H and O–H groups in total. The highest BCUT2D eigenvalue weighted by Crippen LogP contribution is 2.30.